The zero-order chi connectivity index (χ0) is 47.5. The number of likely N-dealkylation sites (tertiary alicyclic amines) is 3. The first-order valence-electron chi connectivity index (χ1n) is 23.1. The van der Waals surface area contributed by atoms with Crippen molar-refractivity contribution in [2.75, 3.05) is 56.9 Å². The molecule has 4 aromatic rings. The number of hydrogen-bond donors (Lipinski definition) is 3. The lowest BCUT2D eigenvalue weighted by Gasteiger charge is -2.40. The van der Waals surface area contributed by atoms with Gasteiger partial charge in [0.05, 0.1) is 24.1 Å². The summed E-state index contributed by atoms with van der Waals surface area (Å²) in [6, 6.07) is 12.8. The molecule has 5 aliphatic heterocycles. The number of carbonyl (C=O) groups excluding carboxylic acids is 7. The second-order valence-electron chi connectivity index (χ2n) is 18.0. The Morgan fingerprint density at radius 3 is 2.29 bits per heavy atom. The summed E-state index contributed by atoms with van der Waals surface area (Å²) in [5.74, 6) is -3.96. The van der Waals surface area contributed by atoms with Crippen LogP contribution in [-0.2, 0) is 33.5 Å². The monoisotopic (exact) mass is 929 g/mol. The van der Waals surface area contributed by atoms with Crippen LogP contribution in [-0.4, -0.2) is 133 Å². The van der Waals surface area contributed by atoms with E-state index in [-0.39, 0.29) is 47.9 Å². The fourth-order valence-electron chi connectivity index (χ4n) is 9.78. The molecule has 7 heterocycles. The van der Waals surface area contributed by atoms with Crippen molar-refractivity contribution in [3.63, 3.8) is 0 Å². The minimum Gasteiger partial charge on any atom is -0.442 e. The van der Waals surface area contributed by atoms with Gasteiger partial charge in [-0.25, -0.2) is 19.2 Å². The molecule has 0 saturated carbocycles. The summed E-state index contributed by atoms with van der Waals surface area (Å²) in [5, 5.41) is 9.51. The highest BCUT2D eigenvalue weighted by atomic mass is 19.1. The Bertz CT molecular complexity index is 2620. The number of piperidine rings is 4. The first-order valence-corrected chi connectivity index (χ1v) is 23.1. The number of hydrogen-bond acceptors (Lipinski definition) is 14. The van der Waals surface area contributed by atoms with E-state index in [4.69, 9.17) is 10.5 Å². The molecule has 0 aliphatic carbocycles. The number of ether oxygens (including phenoxy) is 1. The predicted molar refractivity (Wildman–Crippen MR) is 242 cm³/mol. The van der Waals surface area contributed by atoms with Crippen LogP contribution in [0.15, 0.2) is 85.0 Å². The quantitative estimate of drug-likeness (QED) is 0.137. The molecule has 0 spiro atoms. The molecule has 2 aromatic carbocycles. The average Bonchev–Trinajstić information content (AvgIpc) is 3.96. The van der Waals surface area contributed by atoms with Crippen molar-refractivity contribution in [3.8, 4) is 11.3 Å². The molecule has 2 aromatic heterocycles. The first-order chi connectivity index (χ1) is 32.9. The molecule has 1 unspecified atom stereocenters. The lowest BCUT2D eigenvalue weighted by Crippen LogP contribution is -2.55. The number of esters is 1. The highest BCUT2D eigenvalue weighted by molar-refractivity contribution is 6.18. The third-order valence-corrected chi connectivity index (χ3v) is 13.6. The van der Waals surface area contributed by atoms with Crippen molar-refractivity contribution in [1.29, 1.82) is 0 Å². The van der Waals surface area contributed by atoms with E-state index in [1.54, 1.807) is 36.5 Å². The molecule has 4 fully saturated rings. The van der Waals surface area contributed by atoms with Crippen molar-refractivity contribution >= 4 is 52.9 Å². The van der Waals surface area contributed by atoms with Gasteiger partial charge >= 0.3 is 5.97 Å². The smallest absolute Gasteiger partial charge is 0.361 e. The molecule has 2 atom stereocenters. The molecule has 0 bridgehead atoms. The topological polar surface area (TPSA) is 235 Å². The lowest BCUT2D eigenvalue weighted by atomic mass is 9.91. The number of nitrogen functional groups attached to an aromatic ring is 1. The number of imide groups is 2. The summed E-state index contributed by atoms with van der Waals surface area (Å²) in [7, 11) is 0. The van der Waals surface area contributed by atoms with E-state index < -0.39 is 53.5 Å². The van der Waals surface area contributed by atoms with Gasteiger partial charge in [-0.2, -0.15) is 5.10 Å². The number of carbonyl (C=O) groups is 7. The Labute approximate surface area is 390 Å². The highest BCUT2D eigenvalue weighted by Crippen LogP contribution is 2.32. The summed E-state index contributed by atoms with van der Waals surface area (Å²) in [5.41, 5.74) is 7.81. The van der Waals surface area contributed by atoms with Gasteiger partial charge in [-0.3, -0.25) is 43.7 Å². The van der Waals surface area contributed by atoms with E-state index in [2.05, 4.69) is 30.6 Å². The lowest BCUT2D eigenvalue weighted by molar-refractivity contribution is -0.150. The zero-order valence-electron chi connectivity index (χ0n) is 37.3. The Morgan fingerprint density at radius 1 is 0.868 bits per heavy atom. The van der Waals surface area contributed by atoms with E-state index in [1.165, 1.54) is 36.5 Å². The second-order valence-corrected chi connectivity index (χ2v) is 18.0. The van der Waals surface area contributed by atoms with Gasteiger partial charge < -0.3 is 30.5 Å². The van der Waals surface area contributed by atoms with Crippen molar-refractivity contribution in [1.82, 2.24) is 44.7 Å². The Balaban J connectivity index is 0.725. The summed E-state index contributed by atoms with van der Waals surface area (Å²) in [6.07, 6.45) is 9.77. The molecular formula is C48H52FN11O8. The summed E-state index contributed by atoms with van der Waals surface area (Å²) in [6.45, 7) is 5.03. The minimum atomic E-state index is -1.37. The molecule has 19 nitrogen and oxygen atoms in total. The van der Waals surface area contributed by atoms with Crippen LogP contribution in [0, 0.1) is 17.7 Å². The van der Waals surface area contributed by atoms with Gasteiger partial charge in [0.1, 0.15) is 17.6 Å². The normalized spacial score (nSPS) is 20.6. The van der Waals surface area contributed by atoms with Gasteiger partial charge in [0.25, 0.3) is 17.7 Å². The van der Waals surface area contributed by atoms with Gasteiger partial charge in [0.15, 0.2) is 11.5 Å². The molecule has 354 valence electrons. The number of nitrogens with one attached hydrogen (secondary N) is 2. The summed E-state index contributed by atoms with van der Waals surface area (Å²) in [4.78, 5) is 107. The Kier molecular flexibility index (Phi) is 13.4. The minimum absolute atomic E-state index is 0.0612. The van der Waals surface area contributed by atoms with Crippen LogP contribution in [0.1, 0.15) is 79.6 Å². The third kappa shape index (κ3) is 10.00. The number of benzene rings is 2. The number of nitrogens with two attached hydrogens (primary N) is 1. The third-order valence-electron chi connectivity index (χ3n) is 13.6. The SMILES string of the molecule is Nc1ncc(-c2cnn(C3CCN(CC4CCN(C(=O)C5CCN(C6=CC(=O)N(C7CCC(=O)NC7=O)C6=O)CC5)CC4)CC3)c2)nc1C(=O)O[C@@H](C(=O)Nc1ccc(F)cc1)c1ccccc1. The standard InChI is InChI=1S/C48H52FN11O8/c49-33-6-8-34(9-7-33)53-45(64)42(30-4-2-1-3-5-30)68-48(67)41-43(50)51-26-36(54-41)32-25-52-59(28-32)35-16-18-56(19-17-35)27-29-12-20-58(21-13-29)46(65)31-14-22-57(23-15-31)38-24-40(62)60(47(38)66)37-10-11-39(61)55-44(37)63/h1-9,24-26,28-29,31,35,37,42H,10-23,27H2,(H2,50,51)(H,53,64)(H,55,61,63)/t37?,42-/m1/s1. The fraction of sp³-hybridized carbons (Fsp3) is 0.417. The van der Waals surface area contributed by atoms with Crippen LogP contribution < -0.4 is 16.4 Å². The molecule has 5 aliphatic rings. The maximum Gasteiger partial charge on any atom is 0.361 e. The predicted octanol–water partition coefficient (Wildman–Crippen LogP) is 3.24. The van der Waals surface area contributed by atoms with E-state index in [9.17, 15) is 38.0 Å². The summed E-state index contributed by atoms with van der Waals surface area (Å²) < 4.78 is 21.1. The van der Waals surface area contributed by atoms with Gasteiger partial charge in [-0.05, 0) is 75.1 Å². The maximum atomic E-state index is 13.6. The molecular weight excluding hydrogens is 878 g/mol. The van der Waals surface area contributed by atoms with Crippen LogP contribution in [0.5, 0.6) is 0 Å². The largest absolute Gasteiger partial charge is 0.442 e. The second kappa shape index (κ2) is 19.9. The van der Waals surface area contributed by atoms with Crippen LogP contribution >= 0.6 is 0 Å². The first kappa shape index (κ1) is 45.8. The summed E-state index contributed by atoms with van der Waals surface area (Å²) >= 11 is 0. The van der Waals surface area contributed by atoms with Crippen LogP contribution in [0.25, 0.3) is 11.3 Å². The van der Waals surface area contributed by atoms with E-state index in [0.29, 0.717) is 67.4 Å². The number of nitrogens with zero attached hydrogens (tertiary/aromatic N) is 8. The van der Waals surface area contributed by atoms with Crippen LogP contribution in [0.2, 0.25) is 0 Å². The molecule has 20 heteroatoms. The molecule has 68 heavy (non-hydrogen) atoms. The van der Waals surface area contributed by atoms with Crippen molar-refractivity contribution in [3.05, 3.63) is 102 Å². The molecule has 4 N–H and O–H groups in total. The van der Waals surface area contributed by atoms with E-state index in [0.717, 1.165) is 50.2 Å². The van der Waals surface area contributed by atoms with Gasteiger partial charge in [0.2, 0.25) is 23.8 Å². The molecule has 0 radical (unpaired) electrons. The van der Waals surface area contributed by atoms with Crippen LogP contribution in [0.3, 0.4) is 0 Å². The number of halogens is 1. The molecule has 9 rings (SSSR count). The van der Waals surface area contributed by atoms with Crippen molar-refractivity contribution in [2.24, 2.45) is 11.8 Å². The van der Waals surface area contributed by atoms with Gasteiger partial charge in [-0.15, -0.1) is 0 Å². The average molecular weight is 930 g/mol. The maximum absolute atomic E-state index is 13.6. The highest BCUT2D eigenvalue weighted by Gasteiger charge is 2.44. The van der Waals surface area contributed by atoms with Crippen molar-refractivity contribution in [2.45, 2.75) is 69.6 Å². The number of aromatic nitrogens is 4. The molecule has 6 amide bonds. The Morgan fingerprint density at radius 2 is 1.59 bits per heavy atom. The number of amides is 6. The zero-order valence-corrected chi connectivity index (χ0v) is 37.3. The number of rotatable bonds is 12. The van der Waals surface area contributed by atoms with E-state index in [1.807, 2.05) is 20.7 Å². The van der Waals surface area contributed by atoms with Gasteiger partial charge in [0, 0.05) is 87.2 Å². The Hall–Kier alpha value is -7.35. The van der Waals surface area contributed by atoms with Crippen molar-refractivity contribution < 1.29 is 42.7 Å². The van der Waals surface area contributed by atoms with Gasteiger partial charge in [-0.1, -0.05) is 30.3 Å². The van der Waals surface area contributed by atoms with E-state index >= 15 is 0 Å². The molecule has 4 saturated heterocycles. The fourth-order valence-corrected chi connectivity index (χ4v) is 9.78. The van der Waals surface area contributed by atoms with Crippen LogP contribution in [0.4, 0.5) is 15.9 Å². The number of anilines is 2.